The number of alkyl carbamates (subject to hydrolysis) is 1. The molecule has 0 aromatic heterocycles. The molecule has 0 saturated carbocycles. The number of benzene rings is 1. The van der Waals surface area contributed by atoms with E-state index in [9.17, 15) is 19.2 Å². The number of rotatable bonds is 12. The SMILES string of the molecule is CNCc1cc(NC(=O)[C@H](CCCNC(N)=O)NC(=O)[C@@H](NC(=O)OC(C)(C)C)C(C)C)ccc1C. The summed E-state index contributed by atoms with van der Waals surface area (Å²) in [5, 5.41) is 13.8. The molecule has 5 amide bonds. The average molecular weight is 507 g/mol. The van der Waals surface area contributed by atoms with Crippen LogP contribution in [-0.2, 0) is 20.9 Å². The van der Waals surface area contributed by atoms with Crippen LogP contribution in [0.4, 0.5) is 15.3 Å². The van der Waals surface area contributed by atoms with Gasteiger partial charge in [-0.1, -0.05) is 19.9 Å². The van der Waals surface area contributed by atoms with E-state index >= 15 is 0 Å². The zero-order valence-electron chi connectivity index (χ0n) is 22.4. The molecule has 11 heteroatoms. The van der Waals surface area contributed by atoms with Crippen LogP contribution in [0.2, 0.25) is 0 Å². The summed E-state index contributed by atoms with van der Waals surface area (Å²) >= 11 is 0. The summed E-state index contributed by atoms with van der Waals surface area (Å²) < 4.78 is 5.28. The molecule has 1 aromatic rings. The van der Waals surface area contributed by atoms with Crippen molar-refractivity contribution in [1.29, 1.82) is 0 Å². The molecule has 0 aliphatic heterocycles. The molecule has 202 valence electrons. The zero-order valence-corrected chi connectivity index (χ0v) is 22.4. The second-order valence-electron chi connectivity index (χ2n) is 10.0. The minimum atomic E-state index is -0.916. The molecule has 2 atom stereocenters. The molecule has 7 N–H and O–H groups in total. The molecule has 0 spiro atoms. The maximum absolute atomic E-state index is 13.2. The topological polar surface area (TPSA) is 164 Å². The van der Waals surface area contributed by atoms with Gasteiger partial charge in [0, 0.05) is 18.8 Å². The Balaban J connectivity index is 3.01. The number of nitrogens with two attached hydrogens (primary N) is 1. The van der Waals surface area contributed by atoms with Crippen LogP contribution in [0.3, 0.4) is 0 Å². The van der Waals surface area contributed by atoms with Gasteiger partial charge in [-0.15, -0.1) is 0 Å². The van der Waals surface area contributed by atoms with E-state index in [-0.39, 0.29) is 18.9 Å². The summed E-state index contributed by atoms with van der Waals surface area (Å²) in [6, 6.07) is 3.08. The summed E-state index contributed by atoms with van der Waals surface area (Å²) in [5.41, 5.74) is 7.09. The standard InChI is InChI=1S/C25H42N6O5/c1-15(2)20(31-24(35)36-25(4,5)6)22(33)30-19(9-8-12-28-23(26)34)21(32)29-18-11-10-16(3)17(13-18)14-27-7/h10-11,13,15,19-20,27H,8-9,12,14H2,1-7H3,(H,29,32)(H,30,33)(H,31,35)(H3,26,28,34)/t19-,20-/m0/s1. The Morgan fingerprint density at radius 2 is 1.72 bits per heavy atom. The van der Waals surface area contributed by atoms with E-state index < -0.39 is 41.6 Å². The number of carbonyl (C=O) groups is 4. The van der Waals surface area contributed by atoms with Gasteiger partial charge in [-0.25, -0.2) is 9.59 Å². The molecular formula is C25H42N6O5. The number of ether oxygens (including phenoxy) is 1. The number of anilines is 1. The molecule has 0 aliphatic rings. The van der Waals surface area contributed by atoms with Crippen LogP contribution in [0.25, 0.3) is 0 Å². The lowest BCUT2D eigenvalue weighted by molar-refractivity contribution is -0.128. The Morgan fingerprint density at radius 1 is 1.06 bits per heavy atom. The predicted octanol–water partition coefficient (Wildman–Crippen LogP) is 2.14. The molecule has 0 radical (unpaired) electrons. The van der Waals surface area contributed by atoms with Gasteiger partial charge < -0.3 is 37.1 Å². The van der Waals surface area contributed by atoms with Gasteiger partial charge in [0.1, 0.15) is 17.7 Å². The van der Waals surface area contributed by atoms with Crippen LogP contribution in [0, 0.1) is 12.8 Å². The first kappa shape index (κ1) is 30.7. The summed E-state index contributed by atoms with van der Waals surface area (Å²) in [6.07, 6.45) is -0.0872. The molecular weight excluding hydrogens is 464 g/mol. The lowest BCUT2D eigenvalue weighted by atomic mass is 10.0. The monoisotopic (exact) mass is 506 g/mol. The lowest BCUT2D eigenvalue weighted by Crippen LogP contribution is -2.55. The Hall–Kier alpha value is -3.34. The first-order valence-corrected chi connectivity index (χ1v) is 12.1. The smallest absolute Gasteiger partial charge is 0.408 e. The van der Waals surface area contributed by atoms with Gasteiger partial charge >= 0.3 is 12.1 Å². The van der Waals surface area contributed by atoms with E-state index in [0.29, 0.717) is 18.7 Å². The van der Waals surface area contributed by atoms with Gasteiger partial charge in [0.05, 0.1) is 0 Å². The maximum Gasteiger partial charge on any atom is 0.408 e. The van der Waals surface area contributed by atoms with Crippen molar-refractivity contribution in [2.24, 2.45) is 11.7 Å². The first-order valence-electron chi connectivity index (χ1n) is 12.1. The number of carbonyl (C=O) groups excluding carboxylic acids is 4. The molecule has 0 fully saturated rings. The first-order chi connectivity index (χ1) is 16.7. The predicted molar refractivity (Wildman–Crippen MR) is 139 cm³/mol. The van der Waals surface area contributed by atoms with Crippen LogP contribution in [0.1, 0.15) is 58.6 Å². The van der Waals surface area contributed by atoms with E-state index in [2.05, 4.69) is 26.6 Å². The Labute approximate surface area is 213 Å². The molecule has 0 bridgehead atoms. The minimum absolute atomic E-state index is 0.240. The number of primary amides is 1. The fourth-order valence-electron chi connectivity index (χ4n) is 3.38. The molecule has 11 nitrogen and oxygen atoms in total. The summed E-state index contributed by atoms with van der Waals surface area (Å²) in [5.74, 6) is -1.20. The highest BCUT2D eigenvalue weighted by atomic mass is 16.6. The Morgan fingerprint density at radius 3 is 2.28 bits per heavy atom. The van der Waals surface area contributed by atoms with Gasteiger partial charge in [0.2, 0.25) is 11.8 Å². The van der Waals surface area contributed by atoms with Crippen LogP contribution in [0.5, 0.6) is 0 Å². The van der Waals surface area contributed by atoms with Crippen molar-refractivity contribution in [1.82, 2.24) is 21.3 Å². The van der Waals surface area contributed by atoms with Crippen LogP contribution in [-0.4, -0.2) is 55.2 Å². The summed E-state index contributed by atoms with van der Waals surface area (Å²) in [6.45, 7) is 11.6. The normalized spacial score (nSPS) is 12.9. The number of nitrogens with one attached hydrogen (secondary N) is 5. The summed E-state index contributed by atoms with van der Waals surface area (Å²) in [4.78, 5) is 49.5. The minimum Gasteiger partial charge on any atom is -0.444 e. The number of hydrogen-bond donors (Lipinski definition) is 6. The largest absolute Gasteiger partial charge is 0.444 e. The molecule has 1 aromatic carbocycles. The third-order valence-corrected chi connectivity index (χ3v) is 5.21. The number of urea groups is 1. The Bertz CT molecular complexity index is 913. The quantitative estimate of drug-likeness (QED) is 0.238. The highest BCUT2D eigenvalue weighted by Gasteiger charge is 2.30. The number of hydrogen-bond acceptors (Lipinski definition) is 6. The second kappa shape index (κ2) is 14.3. The Kier molecular flexibility index (Phi) is 12.2. The van der Waals surface area contributed by atoms with Crippen LogP contribution >= 0.6 is 0 Å². The van der Waals surface area contributed by atoms with Gasteiger partial charge in [0.25, 0.3) is 0 Å². The van der Waals surface area contributed by atoms with E-state index in [4.69, 9.17) is 10.5 Å². The molecule has 0 saturated heterocycles. The van der Waals surface area contributed by atoms with E-state index in [1.54, 1.807) is 40.7 Å². The van der Waals surface area contributed by atoms with Crippen LogP contribution < -0.4 is 32.3 Å². The van der Waals surface area contributed by atoms with E-state index in [1.165, 1.54) is 0 Å². The average Bonchev–Trinajstić information content (AvgIpc) is 2.74. The second-order valence-corrected chi connectivity index (χ2v) is 10.0. The van der Waals surface area contributed by atoms with Crippen molar-refractivity contribution < 1.29 is 23.9 Å². The van der Waals surface area contributed by atoms with Gasteiger partial charge in [-0.2, -0.15) is 0 Å². The third kappa shape index (κ3) is 11.4. The molecule has 1 rings (SSSR count). The highest BCUT2D eigenvalue weighted by Crippen LogP contribution is 2.16. The number of aryl methyl sites for hydroxylation is 1. The van der Waals surface area contributed by atoms with Crippen molar-refractivity contribution in [3.8, 4) is 0 Å². The molecule has 36 heavy (non-hydrogen) atoms. The lowest BCUT2D eigenvalue weighted by Gasteiger charge is -2.27. The van der Waals surface area contributed by atoms with E-state index in [0.717, 1.165) is 11.1 Å². The summed E-state index contributed by atoms with van der Waals surface area (Å²) in [7, 11) is 1.84. The van der Waals surface area contributed by atoms with Gasteiger partial charge in [-0.3, -0.25) is 9.59 Å². The maximum atomic E-state index is 13.2. The van der Waals surface area contributed by atoms with Crippen molar-refractivity contribution in [2.45, 2.75) is 78.6 Å². The fourth-order valence-corrected chi connectivity index (χ4v) is 3.38. The van der Waals surface area contributed by atoms with Crippen molar-refractivity contribution in [3.05, 3.63) is 29.3 Å². The zero-order chi connectivity index (χ0) is 27.5. The number of amides is 5. The van der Waals surface area contributed by atoms with Crippen LogP contribution in [0.15, 0.2) is 18.2 Å². The van der Waals surface area contributed by atoms with E-state index in [1.807, 2.05) is 26.1 Å². The van der Waals surface area contributed by atoms with Gasteiger partial charge in [0.15, 0.2) is 0 Å². The van der Waals surface area contributed by atoms with Gasteiger partial charge in [-0.05, 0) is 76.8 Å². The molecule has 0 unspecified atom stereocenters. The molecule has 0 heterocycles. The van der Waals surface area contributed by atoms with Crippen molar-refractivity contribution in [3.63, 3.8) is 0 Å². The fraction of sp³-hybridized carbons (Fsp3) is 0.600. The molecule has 0 aliphatic carbocycles. The van der Waals surface area contributed by atoms with Crippen molar-refractivity contribution >= 4 is 29.6 Å². The third-order valence-electron chi connectivity index (χ3n) is 5.21. The highest BCUT2D eigenvalue weighted by molar-refractivity contribution is 5.98. The van der Waals surface area contributed by atoms with Crippen molar-refractivity contribution in [2.75, 3.05) is 18.9 Å².